The maximum Gasteiger partial charge on any atom is 0.142 e. The lowest BCUT2D eigenvalue weighted by molar-refractivity contribution is 0.122. The fourth-order valence-electron chi connectivity index (χ4n) is 4.53. The number of aromatic nitrogens is 2. The molecule has 4 heterocycles. The highest BCUT2D eigenvalue weighted by Crippen LogP contribution is 2.33. The van der Waals surface area contributed by atoms with Gasteiger partial charge in [0.2, 0.25) is 0 Å². The van der Waals surface area contributed by atoms with E-state index in [-0.39, 0.29) is 0 Å². The molecule has 2 aromatic heterocycles. The fraction of sp³-hybridized carbons (Fsp3) is 0.435. The number of anilines is 3. The van der Waals surface area contributed by atoms with Crippen molar-refractivity contribution in [3.05, 3.63) is 48.2 Å². The Balaban J connectivity index is 1.34. The number of fused-ring (bicyclic) bond motifs is 1. The van der Waals surface area contributed by atoms with Crippen molar-refractivity contribution in [3.8, 4) is 0 Å². The van der Waals surface area contributed by atoms with Crippen molar-refractivity contribution in [3.63, 3.8) is 0 Å². The smallest absolute Gasteiger partial charge is 0.142 e. The molecule has 2 saturated heterocycles. The first-order valence-corrected chi connectivity index (χ1v) is 10.6. The van der Waals surface area contributed by atoms with E-state index < -0.39 is 0 Å². The van der Waals surface area contributed by atoms with Crippen LogP contribution in [0.3, 0.4) is 0 Å². The minimum atomic E-state index is 0.633. The lowest BCUT2D eigenvalue weighted by Gasteiger charge is -2.28. The maximum atomic E-state index is 5.44. The molecule has 2 aliphatic rings. The fourth-order valence-corrected chi connectivity index (χ4v) is 4.53. The largest absolute Gasteiger partial charge is 0.378 e. The van der Waals surface area contributed by atoms with E-state index in [1.54, 1.807) is 0 Å². The van der Waals surface area contributed by atoms with Crippen molar-refractivity contribution in [2.24, 2.45) is 7.05 Å². The van der Waals surface area contributed by atoms with Gasteiger partial charge in [0.25, 0.3) is 0 Å². The Morgan fingerprint density at radius 2 is 1.79 bits per heavy atom. The molecule has 29 heavy (non-hydrogen) atoms. The molecule has 5 rings (SSSR count). The van der Waals surface area contributed by atoms with Gasteiger partial charge in [-0.05, 0) is 73.8 Å². The number of pyridine rings is 1. The van der Waals surface area contributed by atoms with Crippen molar-refractivity contribution in [1.82, 2.24) is 14.9 Å². The second-order valence-electron chi connectivity index (χ2n) is 8.06. The zero-order valence-electron chi connectivity index (χ0n) is 17.0. The number of ether oxygens (including phenoxy) is 1. The van der Waals surface area contributed by atoms with Crippen LogP contribution in [0.15, 0.2) is 42.6 Å². The summed E-state index contributed by atoms with van der Waals surface area (Å²) in [7, 11) is 2.10. The molecule has 0 unspecified atom stereocenters. The van der Waals surface area contributed by atoms with Crippen molar-refractivity contribution < 1.29 is 4.74 Å². The first kappa shape index (κ1) is 18.5. The average Bonchev–Trinajstić information content (AvgIpc) is 3.11. The summed E-state index contributed by atoms with van der Waals surface area (Å²) in [5.41, 5.74) is 4.80. The van der Waals surface area contributed by atoms with E-state index in [1.165, 1.54) is 29.5 Å². The zero-order chi connectivity index (χ0) is 19.6. The van der Waals surface area contributed by atoms with E-state index in [9.17, 15) is 0 Å². The van der Waals surface area contributed by atoms with Crippen molar-refractivity contribution in [1.29, 1.82) is 0 Å². The second kappa shape index (κ2) is 8.05. The van der Waals surface area contributed by atoms with Gasteiger partial charge in [0.15, 0.2) is 0 Å². The molecule has 0 bridgehead atoms. The number of benzene rings is 1. The number of aryl methyl sites for hydroxylation is 1. The second-order valence-corrected chi connectivity index (χ2v) is 8.06. The van der Waals surface area contributed by atoms with Crippen LogP contribution in [0.5, 0.6) is 0 Å². The number of piperidine rings is 1. The molecule has 0 amide bonds. The Morgan fingerprint density at radius 3 is 2.55 bits per heavy atom. The van der Waals surface area contributed by atoms with Crippen molar-refractivity contribution >= 4 is 28.2 Å². The highest BCUT2D eigenvalue weighted by molar-refractivity contribution is 5.83. The van der Waals surface area contributed by atoms with Crippen LogP contribution in [0.4, 0.5) is 17.2 Å². The van der Waals surface area contributed by atoms with Gasteiger partial charge in [0, 0.05) is 43.1 Å². The normalized spacial score (nSPS) is 18.3. The molecule has 0 radical (unpaired) electrons. The third-order valence-electron chi connectivity index (χ3n) is 6.15. The van der Waals surface area contributed by atoms with Crippen LogP contribution in [0.2, 0.25) is 0 Å². The first-order chi connectivity index (χ1) is 14.3. The summed E-state index contributed by atoms with van der Waals surface area (Å²) in [4.78, 5) is 7.27. The van der Waals surface area contributed by atoms with Crippen LogP contribution in [-0.4, -0.2) is 48.9 Å². The molecule has 0 spiro atoms. The standard InChI is InChI=1S/C23H29N5O/c1-27-16-21(17-8-10-24-11-9-17)20-6-7-22(26-23(20)27)25-18-2-4-19(5-3-18)28-12-14-29-15-13-28/h2-7,16-17,24H,8-15H2,1H3,(H,25,26). The molecule has 2 aliphatic heterocycles. The predicted octanol–water partition coefficient (Wildman–Crippen LogP) is 3.62. The minimum absolute atomic E-state index is 0.633. The Morgan fingerprint density at radius 1 is 1.03 bits per heavy atom. The van der Waals surface area contributed by atoms with Crippen molar-refractivity contribution in [2.45, 2.75) is 18.8 Å². The van der Waals surface area contributed by atoms with E-state index >= 15 is 0 Å². The van der Waals surface area contributed by atoms with E-state index in [2.05, 4.69) is 69.7 Å². The summed E-state index contributed by atoms with van der Waals surface area (Å²) >= 11 is 0. The molecule has 2 N–H and O–H groups in total. The number of morpholine rings is 1. The Hall–Kier alpha value is -2.57. The van der Waals surface area contributed by atoms with Crippen LogP contribution in [0.25, 0.3) is 11.0 Å². The highest BCUT2D eigenvalue weighted by Gasteiger charge is 2.20. The van der Waals surface area contributed by atoms with Gasteiger partial charge in [0.05, 0.1) is 13.2 Å². The molecule has 6 nitrogen and oxygen atoms in total. The maximum absolute atomic E-state index is 5.44. The molecule has 1 aromatic carbocycles. The van der Waals surface area contributed by atoms with Crippen LogP contribution in [-0.2, 0) is 11.8 Å². The molecule has 0 atom stereocenters. The molecule has 0 aliphatic carbocycles. The van der Waals surface area contributed by atoms with Gasteiger partial charge < -0.3 is 24.8 Å². The molecule has 2 fully saturated rings. The summed E-state index contributed by atoms with van der Waals surface area (Å²) in [6, 6.07) is 12.9. The zero-order valence-corrected chi connectivity index (χ0v) is 17.0. The van der Waals surface area contributed by atoms with Crippen LogP contribution >= 0.6 is 0 Å². The summed E-state index contributed by atoms with van der Waals surface area (Å²) in [6.07, 6.45) is 4.68. The topological polar surface area (TPSA) is 54.4 Å². The molecular formula is C23H29N5O. The van der Waals surface area contributed by atoms with E-state index in [4.69, 9.17) is 9.72 Å². The van der Waals surface area contributed by atoms with Gasteiger partial charge in [-0.2, -0.15) is 0 Å². The summed E-state index contributed by atoms with van der Waals surface area (Å²) in [5.74, 6) is 1.52. The number of hydrogen-bond acceptors (Lipinski definition) is 5. The molecule has 152 valence electrons. The number of nitrogens with one attached hydrogen (secondary N) is 2. The number of rotatable bonds is 4. The summed E-state index contributed by atoms with van der Waals surface area (Å²) < 4.78 is 7.61. The Bertz CT molecular complexity index is 969. The first-order valence-electron chi connectivity index (χ1n) is 10.6. The van der Waals surface area contributed by atoms with Crippen LogP contribution in [0.1, 0.15) is 24.3 Å². The predicted molar refractivity (Wildman–Crippen MR) is 118 cm³/mol. The number of nitrogens with zero attached hydrogens (tertiary/aromatic N) is 3. The summed E-state index contributed by atoms with van der Waals surface area (Å²) in [5, 5.41) is 8.21. The van der Waals surface area contributed by atoms with Crippen LogP contribution < -0.4 is 15.5 Å². The molecular weight excluding hydrogens is 362 g/mol. The van der Waals surface area contributed by atoms with Gasteiger partial charge in [-0.15, -0.1) is 0 Å². The minimum Gasteiger partial charge on any atom is -0.378 e. The van der Waals surface area contributed by atoms with Crippen molar-refractivity contribution in [2.75, 3.05) is 49.6 Å². The van der Waals surface area contributed by atoms with Gasteiger partial charge >= 0.3 is 0 Å². The lowest BCUT2D eigenvalue weighted by atomic mass is 9.90. The Kier molecular flexibility index (Phi) is 5.12. The van der Waals surface area contributed by atoms with E-state index in [0.717, 1.165) is 56.5 Å². The van der Waals surface area contributed by atoms with Gasteiger partial charge in [-0.1, -0.05) is 0 Å². The third-order valence-corrected chi connectivity index (χ3v) is 6.15. The monoisotopic (exact) mass is 391 g/mol. The highest BCUT2D eigenvalue weighted by atomic mass is 16.5. The molecule has 0 saturated carbocycles. The quantitative estimate of drug-likeness (QED) is 0.711. The van der Waals surface area contributed by atoms with Gasteiger partial charge in [0.1, 0.15) is 11.5 Å². The van der Waals surface area contributed by atoms with E-state index in [1.807, 2.05) is 0 Å². The molecule has 3 aromatic rings. The lowest BCUT2D eigenvalue weighted by Crippen LogP contribution is -2.36. The number of hydrogen-bond donors (Lipinski definition) is 2. The summed E-state index contributed by atoms with van der Waals surface area (Å²) in [6.45, 7) is 5.73. The van der Waals surface area contributed by atoms with E-state index in [0.29, 0.717) is 5.92 Å². The average molecular weight is 392 g/mol. The molecule has 6 heteroatoms. The van der Waals surface area contributed by atoms with Crippen LogP contribution in [0, 0.1) is 0 Å². The van der Waals surface area contributed by atoms with Gasteiger partial charge in [-0.25, -0.2) is 4.98 Å². The third kappa shape index (κ3) is 3.82. The van der Waals surface area contributed by atoms with Gasteiger partial charge in [-0.3, -0.25) is 0 Å². The SMILES string of the molecule is Cn1cc(C2CCNCC2)c2ccc(Nc3ccc(N4CCOCC4)cc3)nc21. The Labute approximate surface area is 171 Å².